The lowest BCUT2D eigenvalue weighted by Gasteiger charge is -2.16. The average molecular weight is 280 g/mol. The Labute approximate surface area is 120 Å². The summed E-state index contributed by atoms with van der Waals surface area (Å²) in [6, 6.07) is 5.98. The molecule has 0 aromatic heterocycles. The average Bonchev–Trinajstić information content (AvgIpc) is 2.45. The molecule has 0 aliphatic heterocycles. The zero-order chi connectivity index (χ0) is 15.0. The molecule has 20 heavy (non-hydrogen) atoms. The molecule has 0 bridgehead atoms. The fourth-order valence-electron chi connectivity index (χ4n) is 1.89. The van der Waals surface area contributed by atoms with Crippen LogP contribution in [0.25, 0.3) is 0 Å². The Morgan fingerprint density at radius 2 is 2.00 bits per heavy atom. The maximum absolute atomic E-state index is 11.4. The molecule has 1 amide bonds. The summed E-state index contributed by atoms with van der Waals surface area (Å²) >= 11 is 0. The second-order valence-electron chi connectivity index (χ2n) is 4.43. The van der Waals surface area contributed by atoms with Crippen molar-refractivity contribution in [2.24, 2.45) is 0 Å². The van der Waals surface area contributed by atoms with E-state index >= 15 is 0 Å². The highest BCUT2D eigenvalue weighted by molar-refractivity contribution is 5.77. The third-order valence-corrected chi connectivity index (χ3v) is 2.93. The predicted octanol–water partition coefficient (Wildman–Crippen LogP) is 1.88. The minimum absolute atomic E-state index is 0.00763. The Bertz CT molecular complexity index is 435. The van der Waals surface area contributed by atoms with Gasteiger partial charge in [-0.05, 0) is 38.1 Å². The van der Waals surface area contributed by atoms with Crippen LogP contribution in [0.5, 0.6) is 11.5 Å². The Kier molecular flexibility index (Phi) is 6.87. The molecule has 112 valence electrons. The monoisotopic (exact) mass is 280 g/mol. The van der Waals surface area contributed by atoms with Crippen LogP contribution in [-0.2, 0) is 4.79 Å². The second-order valence-corrected chi connectivity index (χ2v) is 4.43. The maximum Gasteiger partial charge on any atom is 0.257 e. The van der Waals surface area contributed by atoms with Gasteiger partial charge in [-0.1, -0.05) is 13.0 Å². The SMILES string of the molecule is CCNC(=O)COc1ccc(C(C)NCC)cc1OC. The standard InChI is InChI=1S/C15H24N2O3/c1-5-16-11(3)12-7-8-13(14(9-12)19-4)20-10-15(18)17-6-2/h7-9,11,16H,5-6,10H2,1-4H3,(H,17,18). The van der Waals surface area contributed by atoms with Gasteiger partial charge < -0.3 is 20.1 Å². The first-order chi connectivity index (χ1) is 9.62. The van der Waals surface area contributed by atoms with Gasteiger partial charge in [0.05, 0.1) is 7.11 Å². The molecule has 1 rings (SSSR count). The van der Waals surface area contributed by atoms with E-state index in [-0.39, 0.29) is 18.6 Å². The van der Waals surface area contributed by atoms with Crippen LogP contribution in [-0.4, -0.2) is 32.7 Å². The van der Waals surface area contributed by atoms with Gasteiger partial charge in [0.2, 0.25) is 0 Å². The Balaban J connectivity index is 2.75. The van der Waals surface area contributed by atoms with Crippen LogP contribution in [0.3, 0.4) is 0 Å². The van der Waals surface area contributed by atoms with Gasteiger partial charge in [-0.3, -0.25) is 4.79 Å². The molecule has 5 heteroatoms. The maximum atomic E-state index is 11.4. The van der Waals surface area contributed by atoms with Crippen molar-refractivity contribution in [2.45, 2.75) is 26.8 Å². The van der Waals surface area contributed by atoms with Gasteiger partial charge in [0, 0.05) is 12.6 Å². The summed E-state index contributed by atoms with van der Waals surface area (Å²) in [4.78, 5) is 11.4. The van der Waals surface area contributed by atoms with E-state index in [1.54, 1.807) is 7.11 Å². The highest BCUT2D eigenvalue weighted by Crippen LogP contribution is 2.30. The summed E-state index contributed by atoms with van der Waals surface area (Å²) in [6.07, 6.45) is 0. The number of rotatable bonds is 8. The summed E-state index contributed by atoms with van der Waals surface area (Å²) in [5, 5.41) is 6.02. The number of carbonyl (C=O) groups excluding carboxylic acids is 1. The van der Waals surface area contributed by atoms with Crippen LogP contribution in [0, 0.1) is 0 Å². The van der Waals surface area contributed by atoms with Gasteiger partial charge in [-0.2, -0.15) is 0 Å². The minimum atomic E-state index is -0.139. The lowest BCUT2D eigenvalue weighted by Crippen LogP contribution is -2.28. The molecule has 0 heterocycles. The number of benzene rings is 1. The number of ether oxygens (including phenoxy) is 2. The number of nitrogens with one attached hydrogen (secondary N) is 2. The number of hydrogen-bond donors (Lipinski definition) is 2. The van der Waals surface area contributed by atoms with E-state index < -0.39 is 0 Å². The van der Waals surface area contributed by atoms with E-state index in [1.165, 1.54) is 0 Å². The number of carbonyl (C=O) groups is 1. The van der Waals surface area contributed by atoms with E-state index in [0.29, 0.717) is 18.0 Å². The van der Waals surface area contributed by atoms with Gasteiger partial charge >= 0.3 is 0 Å². The molecular formula is C15H24N2O3. The predicted molar refractivity (Wildman–Crippen MR) is 79.3 cm³/mol. The van der Waals surface area contributed by atoms with Crippen molar-refractivity contribution < 1.29 is 14.3 Å². The number of hydrogen-bond acceptors (Lipinski definition) is 4. The van der Waals surface area contributed by atoms with Crippen LogP contribution >= 0.6 is 0 Å². The van der Waals surface area contributed by atoms with E-state index in [0.717, 1.165) is 12.1 Å². The lowest BCUT2D eigenvalue weighted by atomic mass is 10.1. The molecule has 0 aliphatic carbocycles. The highest BCUT2D eigenvalue weighted by atomic mass is 16.5. The topological polar surface area (TPSA) is 59.6 Å². The molecule has 5 nitrogen and oxygen atoms in total. The number of methoxy groups -OCH3 is 1. The first kappa shape index (κ1) is 16.3. The minimum Gasteiger partial charge on any atom is -0.493 e. The zero-order valence-electron chi connectivity index (χ0n) is 12.7. The molecule has 1 aromatic rings. The van der Waals surface area contributed by atoms with Crippen molar-refractivity contribution in [1.82, 2.24) is 10.6 Å². The van der Waals surface area contributed by atoms with Crippen LogP contribution in [0.1, 0.15) is 32.4 Å². The molecule has 0 saturated heterocycles. The van der Waals surface area contributed by atoms with Gasteiger partial charge in [-0.25, -0.2) is 0 Å². The first-order valence-corrected chi connectivity index (χ1v) is 6.93. The summed E-state index contributed by atoms with van der Waals surface area (Å²) in [5.74, 6) is 1.07. The van der Waals surface area contributed by atoms with Crippen LogP contribution in [0.4, 0.5) is 0 Å². The lowest BCUT2D eigenvalue weighted by molar-refractivity contribution is -0.123. The van der Waals surface area contributed by atoms with E-state index in [4.69, 9.17) is 9.47 Å². The van der Waals surface area contributed by atoms with Crippen LogP contribution in [0.15, 0.2) is 18.2 Å². The van der Waals surface area contributed by atoms with Gasteiger partial charge in [0.1, 0.15) is 0 Å². The summed E-state index contributed by atoms with van der Waals surface area (Å²) in [6.45, 7) is 7.52. The van der Waals surface area contributed by atoms with E-state index in [1.807, 2.05) is 25.1 Å². The van der Waals surface area contributed by atoms with Crippen molar-refractivity contribution in [3.05, 3.63) is 23.8 Å². The van der Waals surface area contributed by atoms with Crippen LogP contribution < -0.4 is 20.1 Å². The normalized spacial score (nSPS) is 11.8. The van der Waals surface area contributed by atoms with Crippen molar-refractivity contribution >= 4 is 5.91 Å². The van der Waals surface area contributed by atoms with Gasteiger partial charge in [0.15, 0.2) is 18.1 Å². The largest absolute Gasteiger partial charge is 0.493 e. The van der Waals surface area contributed by atoms with E-state index in [9.17, 15) is 4.79 Å². The molecule has 0 saturated carbocycles. The van der Waals surface area contributed by atoms with E-state index in [2.05, 4.69) is 24.5 Å². The van der Waals surface area contributed by atoms with Crippen molar-refractivity contribution in [2.75, 3.05) is 26.8 Å². The van der Waals surface area contributed by atoms with Crippen molar-refractivity contribution in [1.29, 1.82) is 0 Å². The molecule has 0 radical (unpaired) electrons. The molecule has 0 fully saturated rings. The van der Waals surface area contributed by atoms with Crippen molar-refractivity contribution in [3.8, 4) is 11.5 Å². The van der Waals surface area contributed by atoms with Crippen molar-refractivity contribution in [3.63, 3.8) is 0 Å². The molecule has 2 N–H and O–H groups in total. The molecular weight excluding hydrogens is 256 g/mol. The highest BCUT2D eigenvalue weighted by Gasteiger charge is 2.11. The van der Waals surface area contributed by atoms with Gasteiger partial charge in [-0.15, -0.1) is 0 Å². The zero-order valence-corrected chi connectivity index (χ0v) is 12.7. The fourth-order valence-corrected chi connectivity index (χ4v) is 1.89. The molecule has 1 atom stereocenters. The quantitative estimate of drug-likeness (QED) is 0.763. The molecule has 1 aromatic carbocycles. The first-order valence-electron chi connectivity index (χ1n) is 6.93. The summed E-state index contributed by atoms with van der Waals surface area (Å²) in [7, 11) is 1.59. The third kappa shape index (κ3) is 4.74. The fraction of sp³-hybridized carbons (Fsp3) is 0.533. The Hall–Kier alpha value is -1.75. The second kappa shape index (κ2) is 8.43. The Morgan fingerprint density at radius 3 is 2.60 bits per heavy atom. The molecule has 0 spiro atoms. The number of likely N-dealkylation sites (N-methyl/N-ethyl adjacent to an activating group) is 1. The number of amides is 1. The molecule has 0 aliphatic rings. The third-order valence-electron chi connectivity index (χ3n) is 2.93. The summed E-state index contributed by atoms with van der Waals surface area (Å²) in [5.41, 5.74) is 1.12. The van der Waals surface area contributed by atoms with Crippen LogP contribution in [0.2, 0.25) is 0 Å². The molecule has 1 unspecified atom stereocenters. The smallest absolute Gasteiger partial charge is 0.257 e. The summed E-state index contributed by atoms with van der Waals surface area (Å²) < 4.78 is 10.8. The Morgan fingerprint density at radius 1 is 1.25 bits per heavy atom. The van der Waals surface area contributed by atoms with Gasteiger partial charge in [0.25, 0.3) is 5.91 Å².